The molecule has 0 unspecified atom stereocenters. The van der Waals surface area contributed by atoms with Crippen LogP contribution in [0.25, 0.3) is 11.8 Å². The van der Waals surface area contributed by atoms with Crippen molar-refractivity contribution in [3.05, 3.63) is 161 Å². The Morgan fingerprint density at radius 2 is 1.52 bits per heavy atom. The van der Waals surface area contributed by atoms with Gasteiger partial charge < -0.3 is 14.2 Å². The average Bonchev–Trinajstić information content (AvgIpc) is 3.42. The highest BCUT2D eigenvalue weighted by atomic mass is 35.5. The van der Waals surface area contributed by atoms with Gasteiger partial charge >= 0.3 is 11.9 Å². The molecule has 5 aromatic rings. The van der Waals surface area contributed by atoms with E-state index in [1.54, 1.807) is 48.8 Å². The summed E-state index contributed by atoms with van der Waals surface area (Å²) in [6.45, 7) is 4.32. The lowest BCUT2D eigenvalue weighted by molar-refractivity contribution is -0.138. The minimum absolute atomic E-state index is 0.170. The van der Waals surface area contributed by atoms with Crippen molar-refractivity contribution in [1.29, 1.82) is 0 Å². The Labute approximate surface area is 285 Å². The Kier molecular flexibility index (Phi) is 9.99. The van der Waals surface area contributed by atoms with Crippen LogP contribution in [0.15, 0.2) is 118 Å². The van der Waals surface area contributed by atoms with Crippen LogP contribution in [0.4, 0.5) is 0 Å². The second-order valence-corrected chi connectivity index (χ2v) is 12.2. The zero-order valence-corrected chi connectivity index (χ0v) is 27.8. The van der Waals surface area contributed by atoms with E-state index in [1.165, 1.54) is 11.3 Å². The van der Waals surface area contributed by atoms with E-state index in [0.717, 1.165) is 16.7 Å². The van der Waals surface area contributed by atoms with Gasteiger partial charge in [-0.05, 0) is 73.0 Å². The van der Waals surface area contributed by atoms with Gasteiger partial charge in [0, 0.05) is 10.6 Å². The normalized spacial score (nSPS) is 14.2. The summed E-state index contributed by atoms with van der Waals surface area (Å²) in [6, 6.07) is 30.2. The van der Waals surface area contributed by atoms with E-state index in [1.807, 2.05) is 78.9 Å². The van der Waals surface area contributed by atoms with Gasteiger partial charge in [0.25, 0.3) is 5.56 Å². The van der Waals surface area contributed by atoms with Gasteiger partial charge in [0.05, 0.1) is 40.6 Å². The van der Waals surface area contributed by atoms with Crippen molar-refractivity contribution < 1.29 is 23.8 Å². The molecule has 6 rings (SSSR count). The lowest BCUT2D eigenvalue weighted by Crippen LogP contribution is -2.40. The van der Waals surface area contributed by atoms with E-state index in [0.29, 0.717) is 50.1 Å². The Morgan fingerprint density at radius 1 is 0.854 bits per heavy atom. The highest BCUT2D eigenvalue weighted by Gasteiger charge is 2.35. The van der Waals surface area contributed by atoms with Crippen molar-refractivity contribution in [3.8, 4) is 5.75 Å². The van der Waals surface area contributed by atoms with Gasteiger partial charge in [-0.15, -0.1) is 0 Å². The number of nitrogens with zero attached hydrogens (tertiary/aromatic N) is 2. The van der Waals surface area contributed by atoms with Crippen LogP contribution in [0, 0.1) is 0 Å². The summed E-state index contributed by atoms with van der Waals surface area (Å²) in [5, 5.41) is 0.537. The number of hydrogen-bond donors (Lipinski definition) is 0. The van der Waals surface area contributed by atoms with Crippen molar-refractivity contribution >= 4 is 46.6 Å². The third-order valence-corrected chi connectivity index (χ3v) is 8.84. The standard InChI is InChI=1S/C38H31ClN2O6S/c1-3-45-36(43)28-14-10-25(11-15-28)23-47-30-20-12-24(13-21-30)22-31-35(42)41-34(27-16-18-29(39)19-17-27)32(37(44)46-4-2)33(40-38(41)48-31)26-8-6-5-7-9-26/h5-22,34H,3-4,23H2,1-2H3/b31-22-/t34-/m0/s1. The maximum Gasteiger partial charge on any atom is 0.338 e. The lowest BCUT2D eigenvalue weighted by Gasteiger charge is -2.25. The molecule has 2 heterocycles. The molecule has 1 aromatic heterocycles. The predicted molar refractivity (Wildman–Crippen MR) is 186 cm³/mol. The van der Waals surface area contributed by atoms with E-state index >= 15 is 0 Å². The van der Waals surface area contributed by atoms with Crippen LogP contribution in [-0.4, -0.2) is 29.7 Å². The quantitative estimate of drug-likeness (QED) is 0.160. The largest absolute Gasteiger partial charge is 0.489 e. The van der Waals surface area contributed by atoms with Gasteiger partial charge in [-0.1, -0.05) is 89.7 Å². The molecule has 0 saturated carbocycles. The van der Waals surface area contributed by atoms with Crippen molar-refractivity contribution in [2.45, 2.75) is 26.5 Å². The fourth-order valence-electron chi connectivity index (χ4n) is 5.33. The maximum absolute atomic E-state index is 14.1. The Balaban J connectivity index is 1.34. The molecule has 8 nitrogen and oxygen atoms in total. The average molecular weight is 679 g/mol. The molecule has 0 spiro atoms. The first-order valence-corrected chi connectivity index (χ1v) is 16.6. The topological polar surface area (TPSA) is 96.2 Å². The van der Waals surface area contributed by atoms with Crippen LogP contribution in [0.5, 0.6) is 5.75 Å². The highest BCUT2D eigenvalue weighted by Crippen LogP contribution is 2.35. The number of carbonyl (C=O) groups is 2. The summed E-state index contributed by atoms with van der Waals surface area (Å²) in [7, 11) is 0. The predicted octanol–water partition coefficient (Wildman–Crippen LogP) is 6.34. The zero-order valence-electron chi connectivity index (χ0n) is 26.2. The molecule has 1 aliphatic rings. The van der Waals surface area contributed by atoms with E-state index in [9.17, 15) is 14.4 Å². The minimum atomic E-state index is -0.781. The number of hydrogen-bond acceptors (Lipinski definition) is 8. The van der Waals surface area contributed by atoms with Gasteiger partial charge in [-0.25, -0.2) is 14.6 Å². The second-order valence-electron chi connectivity index (χ2n) is 10.8. The third-order valence-electron chi connectivity index (χ3n) is 7.61. The number of benzene rings is 4. The molecule has 0 aliphatic carbocycles. The molecular formula is C38H31ClN2O6S. The summed E-state index contributed by atoms with van der Waals surface area (Å²) in [5.74, 6) is -0.248. The van der Waals surface area contributed by atoms with Crippen molar-refractivity contribution in [2.24, 2.45) is 4.99 Å². The Bertz CT molecular complexity index is 2150. The first kappa shape index (κ1) is 32.7. The number of esters is 2. The summed E-state index contributed by atoms with van der Waals surface area (Å²) < 4.78 is 18.5. The molecular weight excluding hydrogens is 648 g/mol. The van der Waals surface area contributed by atoms with E-state index in [4.69, 9.17) is 30.8 Å². The fraction of sp³-hybridized carbons (Fsp3) is 0.158. The Hall–Kier alpha value is -5.25. The van der Waals surface area contributed by atoms with Crippen LogP contribution in [0.1, 0.15) is 52.5 Å². The fourth-order valence-corrected chi connectivity index (χ4v) is 6.46. The van der Waals surface area contributed by atoms with E-state index in [2.05, 4.69) is 0 Å². The van der Waals surface area contributed by atoms with Gasteiger partial charge in [-0.2, -0.15) is 0 Å². The molecule has 0 bridgehead atoms. The molecule has 0 N–H and O–H groups in total. The number of fused-ring (bicyclic) bond motifs is 1. The van der Waals surface area contributed by atoms with E-state index < -0.39 is 12.0 Å². The highest BCUT2D eigenvalue weighted by molar-refractivity contribution is 7.07. The first-order chi connectivity index (χ1) is 23.4. The summed E-state index contributed by atoms with van der Waals surface area (Å²) in [4.78, 5) is 44.9. The number of ether oxygens (including phenoxy) is 3. The monoisotopic (exact) mass is 678 g/mol. The number of carbonyl (C=O) groups excluding carboxylic acids is 2. The maximum atomic E-state index is 14.1. The summed E-state index contributed by atoms with van der Waals surface area (Å²) in [6.07, 6.45) is 1.80. The molecule has 1 aliphatic heterocycles. The molecule has 0 radical (unpaired) electrons. The van der Waals surface area contributed by atoms with Crippen LogP contribution in [-0.2, 0) is 20.9 Å². The molecule has 1 atom stereocenters. The number of rotatable bonds is 10. The smallest absolute Gasteiger partial charge is 0.338 e. The summed E-state index contributed by atoms with van der Waals surface area (Å²) in [5.41, 5.74) is 4.09. The molecule has 242 valence electrons. The molecule has 4 aromatic carbocycles. The molecule has 0 amide bonds. The zero-order chi connectivity index (χ0) is 33.6. The third kappa shape index (κ3) is 7.02. The van der Waals surface area contributed by atoms with Crippen LogP contribution < -0.4 is 19.6 Å². The molecule has 0 saturated heterocycles. The van der Waals surface area contributed by atoms with Gasteiger partial charge in [0.15, 0.2) is 4.80 Å². The SMILES string of the molecule is CCOC(=O)C1=C(c2ccccc2)N=c2s/c(=C\c3ccc(OCc4ccc(C(=O)OCC)cc4)cc3)c(=O)n2[C@H]1c1ccc(Cl)cc1. The van der Waals surface area contributed by atoms with Crippen LogP contribution in [0.2, 0.25) is 5.02 Å². The molecule has 10 heteroatoms. The molecule has 48 heavy (non-hydrogen) atoms. The van der Waals surface area contributed by atoms with Gasteiger partial charge in [0.1, 0.15) is 12.4 Å². The number of halogens is 1. The van der Waals surface area contributed by atoms with Crippen molar-refractivity contribution in [3.63, 3.8) is 0 Å². The number of thiazole rings is 1. The number of aromatic nitrogens is 1. The van der Waals surface area contributed by atoms with Crippen molar-refractivity contribution in [1.82, 2.24) is 4.57 Å². The lowest BCUT2D eigenvalue weighted by atomic mass is 9.93. The Morgan fingerprint density at radius 3 is 2.19 bits per heavy atom. The second kappa shape index (κ2) is 14.7. The van der Waals surface area contributed by atoms with Crippen LogP contribution >= 0.6 is 22.9 Å². The van der Waals surface area contributed by atoms with Gasteiger partial charge in [0.2, 0.25) is 0 Å². The summed E-state index contributed by atoms with van der Waals surface area (Å²) >= 11 is 7.47. The van der Waals surface area contributed by atoms with Crippen molar-refractivity contribution in [2.75, 3.05) is 13.2 Å². The van der Waals surface area contributed by atoms with Gasteiger partial charge in [-0.3, -0.25) is 9.36 Å². The van der Waals surface area contributed by atoms with Crippen LogP contribution in [0.3, 0.4) is 0 Å². The minimum Gasteiger partial charge on any atom is -0.489 e. The van der Waals surface area contributed by atoms with E-state index in [-0.39, 0.29) is 23.7 Å². The molecule has 0 fully saturated rings. The first-order valence-electron chi connectivity index (χ1n) is 15.4.